The standard InChI is InChI=1S/C18H25N3O3/c19-17(22)13-7-10-21(11-8-13)18(23)14-6-9-20-16(12-14)24-15-4-2-1-3-5-15/h6,9,12-13,15H,1-5,7-8,10-11H2,(H2,19,22). The van der Waals surface area contributed by atoms with Gasteiger partial charge in [-0.05, 0) is 44.6 Å². The molecule has 2 amide bonds. The van der Waals surface area contributed by atoms with E-state index in [1.54, 1.807) is 23.2 Å². The minimum atomic E-state index is -0.269. The second kappa shape index (κ2) is 7.64. The number of carbonyl (C=O) groups is 2. The Bertz CT molecular complexity index is 591. The average Bonchev–Trinajstić information content (AvgIpc) is 2.62. The summed E-state index contributed by atoms with van der Waals surface area (Å²) >= 11 is 0. The van der Waals surface area contributed by atoms with Gasteiger partial charge < -0.3 is 15.4 Å². The zero-order valence-electron chi connectivity index (χ0n) is 13.9. The minimum Gasteiger partial charge on any atom is -0.474 e. The van der Waals surface area contributed by atoms with Gasteiger partial charge in [0.15, 0.2) is 0 Å². The molecule has 0 radical (unpaired) electrons. The van der Waals surface area contributed by atoms with Gasteiger partial charge in [0.1, 0.15) is 6.10 Å². The third kappa shape index (κ3) is 4.04. The summed E-state index contributed by atoms with van der Waals surface area (Å²) in [6.45, 7) is 1.13. The fraction of sp³-hybridized carbons (Fsp3) is 0.611. The van der Waals surface area contributed by atoms with E-state index in [1.165, 1.54) is 19.3 Å². The first kappa shape index (κ1) is 16.7. The van der Waals surface area contributed by atoms with Gasteiger partial charge >= 0.3 is 0 Å². The number of nitrogens with zero attached hydrogens (tertiary/aromatic N) is 2. The number of nitrogens with two attached hydrogens (primary N) is 1. The second-order valence-electron chi connectivity index (χ2n) is 6.73. The molecule has 6 heteroatoms. The van der Waals surface area contributed by atoms with Crippen molar-refractivity contribution >= 4 is 11.8 Å². The van der Waals surface area contributed by atoms with Crippen molar-refractivity contribution in [3.63, 3.8) is 0 Å². The number of ether oxygens (including phenoxy) is 1. The van der Waals surface area contributed by atoms with E-state index in [9.17, 15) is 9.59 Å². The fourth-order valence-electron chi connectivity index (χ4n) is 3.51. The van der Waals surface area contributed by atoms with Crippen molar-refractivity contribution in [2.75, 3.05) is 13.1 Å². The molecule has 1 aliphatic heterocycles. The van der Waals surface area contributed by atoms with Crippen LogP contribution in [0.25, 0.3) is 0 Å². The first-order chi connectivity index (χ1) is 11.6. The zero-order valence-corrected chi connectivity index (χ0v) is 13.9. The van der Waals surface area contributed by atoms with E-state index in [-0.39, 0.29) is 23.8 Å². The largest absolute Gasteiger partial charge is 0.474 e. The number of likely N-dealkylation sites (tertiary alicyclic amines) is 1. The third-order valence-corrected chi connectivity index (χ3v) is 5.01. The number of carbonyl (C=O) groups excluding carboxylic acids is 2. The Morgan fingerprint density at radius 2 is 1.83 bits per heavy atom. The van der Waals surface area contributed by atoms with E-state index in [0.29, 0.717) is 37.4 Å². The van der Waals surface area contributed by atoms with Gasteiger partial charge in [0.2, 0.25) is 11.8 Å². The maximum absolute atomic E-state index is 12.6. The number of primary amides is 1. The van der Waals surface area contributed by atoms with Crippen LogP contribution < -0.4 is 10.5 Å². The Balaban J connectivity index is 1.61. The molecule has 6 nitrogen and oxygen atoms in total. The van der Waals surface area contributed by atoms with Gasteiger partial charge in [-0.1, -0.05) is 6.42 Å². The number of pyridine rings is 1. The van der Waals surface area contributed by atoms with E-state index in [1.807, 2.05) is 0 Å². The first-order valence-corrected chi connectivity index (χ1v) is 8.85. The molecule has 2 N–H and O–H groups in total. The summed E-state index contributed by atoms with van der Waals surface area (Å²) in [5, 5.41) is 0. The van der Waals surface area contributed by atoms with Crippen LogP contribution in [0.4, 0.5) is 0 Å². The molecule has 1 aliphatic carbocycles. The molecule has 0 spiro atoms. The highest BCUT2D eigenvalue weighted by molar-refractivity contribution is 5.94. The number of aromatic nitrogens is 1. The number of rotatable bonds is 4. The molecular weight excluding hydrogens is 306 g/mol. The normalized spacial score (nSPS) is 19.9. The van der Waals surface area contributed by atoms with Crippen LogP contribution >= 0.6 is 0 Å². The quantitative estimate of drug-likeness (QED) is 0.916. The summed E-state index contributed by atoms with van der Waals surface area (Å²) in [5.74, 6) is 0.111. The summed E-state index contributed by atoms with van der Waals surface area (Å²) in [6, 6.07) is 3.45. The lowest BCUT2D eigenvalue weighted by molar-refractivity contribution is -0.123. The molecule has 0 bridgehead atoms. The van der Waals surface area contributed by atoms with E-state index < -0.39 is 0 Å². The number of hydrogen-bond acceptors (Lipinski definition) is 4. The molecule has 1 aromatic heterocycles. The van der Waals surface area contributed by atoms with Gasteiger partial charge in [-0.15, -0.1) is 0 Å². The van der Waals surface area contributed by atoms with Gasteiger partial charge in [-0.2, -0.15) is 0 Å². The third-order valence-electron chi connectivity index (χ3n) is 5.01. The SMILES string of the molecule is NC(=O)C1CCN(C(=O)c2ccnc(OC3CCCCC3)c2)CC1. The van der Waals surface area contributed by atoms with Crippen molar-refractivity contribution in [3.05, 3.63) is 23.9 Å². The van der Waals surface area contributed by atoms with Crippen LogP contribution in [0.15, 0.2) is 18.3 Å². The van der Waals surface area contributed by atoms with Crippen LogP contribution in [0.3, 0.4) is 0 Å². The van der Waals surface area contributed by atoms with E-state index in [0.717, 1.165) is 12.8 Å². The van der Waals surface area contributed by atoms with Crippen molar-refractivity contribution in [1.82, 2.24) is 9.88 Å². The summed E-state index contributed by atoms with van der Waals surface area (Å²) in [6.07, 6.45) is 8.88. The number of amides is 2. The lowest BCUT2D eigenvalue weighted by Gasteiger charge is -2.30. The highest BCUT2D eigenvalue weighted by Crippen LogP contribution is 2.24. The van der Waals surface area contributed by atoms with Gasteiger partial charge in [-0.25, -0.2) is 4.98 Å². The zero-order chi connectivity index (χ0) is 16.9. The van der Waals surface area contributed by atoms with Gasteiger partial charge in [0.25, 0.3) is 5.91 Å². The van der Waals surface area contributed by atoms with Crippen LogP contribution in [0.1, 0.15) is 55.3 Å². The van der Waals surface area contributed by atoms with Crippen LogP contribution in [0, 0.1) is 5.92 Å². The molecule has 2 heterocycles. The Morgan fingerprint density at radius 3 is 2.50 bits per heavy atom. The molecule has 1 saturated heterocycles. The number of hydrogen-bond donors (Lipinski definition) is 1. The van der Waals surface area contributed by atoms with Crippen molar-refractivity contribution in [3.8, 4) is 5.88 Å². The lowest BCUT2D eigenvalue weighted by atomic mass is 9.96. The molecule has 130 valence electrons. The Hall–Kier alpha value is -2.11. The average molecular weight is 331 g/mol. The van der Waals surface area contributed by atoms with Crippen molar-refractivity contribution in [1.29, 1.82) is 0 Å². The Labute approximate surface area is 142 Å². The van der Waals surface area contributed by atoms with E-state index in [2.05, 4.69) is 4.98 Å². The van der Waals surface area contributed by atoms with E-state index >= 15 is 0 Å². The molecule has 0 atom stereocenters. The molecule has 3 rings (SSSR count). The van der Waals surface area contributed by atoms with E-state index in [4.69, 9.17) is 10.5 Å². The smallest absolute Gasteiger partial charge is 0.254 e. The molecule has 1 saturated carbocycles. The fourth-order valence-corrected chi connectivity index (χ4v) is 3.51. The lowest BCUT2D eigenvalue weighted by Crippen LogP contribution is -2.41. The highest BCUT2D eigenvalue weighted by Gasteiger charge is 2.26. The predicted molar refractivity (Wildman–Crippen MR) is 89.6 cm³/mol. The monoisotopic (exact) mass is 331 g/mol. The molecule has 1 aromatic rings. The number of piperidine rings is 1. The van der Waals surface area contributed by atoms with Crippen LogP contribution in [-0.2, 0) is 4.79 Å². The Kier molecular flexibility index (Phi) is 5.33. The Morgan fingerprint density at radius 1 is 1.12 bits per heavy atom. The van der Waals surface area contributed by atoms with Crippen molar-refractivity contribution < 1.29 is 14.3 Å². The van der Waals surface area contributed by atoms with Gasteiger partial charge in [0.05, 0.1) is 0 Å². The van der Waals surface area contributed by atoms with Crippen molar-refractivity contribution in [2.45, 2.75) is 51.0 Å². The molecular formula is C18H25N3O3. The summed E-state index contributed by atoms with van der Waals surface area (Å²) in [4.78, 5) is 29.9. The van der Waals surface area contributed by atoms with Gasteiger partial charge in [-0.3, -0.25) is 9.59 Å². The van der Waals surface area contributed by atoms with Crippen LogP contribution in [-0.4, -0.2) is 40.9 Å². The summed E-state index contributed by atoms with van der Waals surface area (Å²) in [5.41, 5.74) is 5.93. The van der Waals surface area contributed by atoms with Gasteiger partial charge in [0, 0.05) is 36.8 Å². The minimum absolute atomic E-state index is 0.0335. The first-order valence-electron chi connectivity index (χ1n) is 8.85. The summed E-state index contributed by atoms with van der Waals surface area (Å²) in [7, 11) is 0. The van der Waals surface area contributed by atoms with Crippen LogP contribution in [0.2, 0.25) is 0 Å². The predicted octanol–water partition coefficient (Wildman–Crippen LogP) is 2.13. The molecule has 0 unspecified atom stereocenters. The van der Waals surface area contributed by atoms with Crippen molar-refractivity contribution in [2.24, 2.45) is 11.7 Å². The molecule has 0 aromatic carbocycles. The highest BCUT2D eigenvalue weighted by atomic mass is 16.5. The molecule has 24 heavy (non-hydrogen) atoms. The maximum atomic E-state index is 12.6. The molecule has 2 aliphatic rings. The maximum Gasteiger partial charge on any atom is 0.254 e. The molecule has 2 fully saturated rings. The van der Waals surface area contributed by atoms with Crippen LogP contribution in [0.5, 0.6) is 5.88 Å². The summed E-state index contributed by atoms with van der Waals surface area (Å²) < 4.78 is 5.94. The topological polar surface area (TPSA) is 85.5 Å². The second-order valence-corrected chi connectivity index (χ2v) is 6.73.